The van der Waals surface area contributed by atoms with Gasteiger partial charge in [0.15, 0.2) is 0 Å². The molecule has 15 heavy (non-hydrogen) atoms. The first-order valence-corrected chi connectivity index (χ1v) is 5.47. The van der Waals surface area contributed by atoms with Gasteiger partial charge in [-0.2, -0.15) is 35.9 Å². The molecule has 1 atom stereocenters. The molecule has 0 saturated heterocycles. The van der Waals surface area contributed by atoms with Gasteiger partial charge in [0.1, 0.15) is 0 Å². The Labute approximate surface area is 105 Å². The molecule has 0 N–H and O–H groups in total. The van der Waals surface area contributed by atoms with Crippen LogP contribution in [0, 0.1) is 0 Å². The normalized spacial score (nSPS) is 9.07. The molecule has 2 heteroatoms. The van der Waals surface area contributed by atoms with Crippen LogP contribution in [0.3, 0.4) is 0 Å². The van der Waals surface area contributed by atoms with Gasteiger partial charge in [0.2, 0.25) is 0 Å². The SMILES string of the molecule is CC(C)c1cc[cH-]c1P.[Fe+2].c1cc[cH-]c1. The summed E-state index contributed by atoms with van der Waals surface area (Å²) in [5.74, 6) is 0.660. The molecule has 0 fully saturated rings. The molecule has 0 aromatic heterocycles. The summed E-state index contributed by atoms with van der Waals surface area (Å²) in [4.78, 5) is 0. The van der Waals surface area contributed by atoms with Gasteiger partial charge in [0.25, 0.3) is 0 Å². The van der Waals surface area contributed by atoms with E-state index >= 15 is 0 Å². The predicted molar refractivity (Wildman–Crippen MR) is 67.5 cm³/mol. The maximum Gasteiger partial charge on any atom is 2.00 e. The molecule has 2 aromatic carbocycles. The summed E-state index contributed by atoms with van der Waals surface area (Å²) in [6.45, 7) is 4.42. The van der Waals surface area contributed by atoms with Crippen LogP contribution in [0.1, 0.15) is 25.3 Å². The van der Waals surface area contributed by atoms with Gasteiger partial charge in [-0.05, 0) is 0 Å². The van der Waals surface area contributed by atoms with E-state index in [9.17, 15) is 0 Å². The van der Waals surface area contributed by atoms with Crippen molar-refractivity contribution in [3.05, 3.63) is 54.1 Å². The zero-order chi connectivity index (χ0) is 10.4. The third kappa shape index (κ3) is 5.33. The molecular formula is C13H17FeP. The summed E-state index contributed by atoms with van der Waals surface area (Å²) in [5.41, 5.74) is 1.44. The van der Waals surface area contributed by atoms with Gasteiger partial charge in [-0.25, -0.2) is 18.2 Å². The second-order valence-corrected chi connectivity index (χ2v) is 4.18. The molecule has 2 aromatic rings. The van der Waals surface area contributed by atoms with E-state index in [-0.39, 0.29) is 17.1 Å². The minimum absolute atomic E-state index is 0. The third-order valence-corrected chi connectivity index (χ3v) is 2.59. The van der Waals surface area contributed by atoms with Crippen molar-refractivity contribution >= 4 is 14.5 Å². The van der Waals surface area contributed by atoms with E-state index in [0.717, 1.165) is 0 Å². The van der Waals surface area contributed by atoms with Crippen LogP contribution in [0.5, 0.6) is 0 Å². The van der Waals surface area contributed by atoms with Crippen molar-refractivity contribution in [2.75, 3.05) is 0 Å². The fraction of sp³-hybridized carbons (Fsp3) is 0.231. The molecule has 0 amide bonds. The molecule has 0 radical (unpaired) electrons. The summed E-state index contributed by atoms with van der Waals surface area (Å²) in [6.07, 6.45) is 0. The first-order chi connectivity index (χ1) is 6.72. The van der Waals surface area contributed by atoms with E-state index in [1.807, 2.05) is 30.3 Å². The summed E-state index contributed by atoms with van der Waals surface area (Å²) in [6, 6.07) is 16.4. The Morgan fingerprint density at radius 1 is 1.13 bits per heavy atom. The topological polar surface area (TPSA) is 0 Å². The molecule has 0 heterocycles. The molecule has 1 unspecified atom stereocenters. The molecule has 82 valence electrons. The second kappa shape index (κ2) is 7.88. The van der Waals surface area contributed by atoms with Gasteiger partial charge >= 0.3 is 17.1 Å². The minimum atomic E-state index is 0. The monoisotopic (exact) mass is 260 g/mol. The zero-order valence-electron chi connectivity index (χ0n) is 9.13. The minimum Gasteiger partial charge on any atom is -0.214 e. The number of hydrogen-bond acceptors (Lipinski definition) is 0. The Hall–Kier alpha value is -0.351. The molecule has 0 saturated carbocycles. The van der Waals surface area contributed by atoms with E-state index in [1.54, 1.807) is 0 Å². The summed E-state index contributed by atoms with van der Waals surface area (Å²) >= 11 is 0. The molecule has 0 aliphatic carbocycles. The Kier molecular flexibility index (Phi) is 7.69. The van der Waals surface area contributed by atoms with Crippen LogP contribution in [-0.4, -0.2) is 0 Å². The molecule has 0 aliphatic rings. The molecule has 2 rings (SSSR count). The molecule has 0 spiro atoms. The van der Waals surface area contributed by atoms with Crippen molar-refractivity contribution in [1.29, 1.82) is 0 Å². The van der Waals surface area contributed by atoms with Crippen LogP contribution in [0.25, 0.3) is 0 Å². The van der Waals surface area contributed by atoms with Crippen LogP contribution >= 0.6 is 9.24 Å². The van der Waals surface area contributed by atoms with Crippen LogP contribution in [0.2, 0.25) is 0 Å². The van der Waals surface area contributed by atoms with Gasteiger partial charge in [-0.3, -0.25) is 0 Å². The van der Waals surface area contributed by atoms with Gasteiger partial charge in [0.05, 0.1) is 0 Å². The van der Waals surface area contributed by atoms with Crippen molar-refractivity contribution < 1.29 is 17.1 Å². The number of hydrogen-bond donors (Lipinski definition) is 0. The average molecular weight is 260 g/mol. The second-order valence-electron chi connectivity index (χ2n) is 3.55. The van der Waals surface area contributed by atoms with E-state index < -0.39 is 0 Å². The van der Waals surface area contributed by atoms with E-state index in [2.05, 4.69) is 41.3 Å². The maximum atomic E-state index is 2.74. The van der Waals surface area contributed by atoms with E-state index in [1.165, 1.54) is 10.9 Å². The third-order valence-electron chi connectivity index (χ3n) is 2.06. The predicted octanol–water partition coefficient (Wildman–Crippen LogP) is 3.43. The van der Waals surface area contributed by atoms with Crippen molar-refractivity contribution in [3.8, 4) is 0 Å². The van der Waals surface area contributed by atoms with Gasteiger partial charge in [-0.1, -0.05) is 19.8 Å². The Balaban J connectivity index is 0.000000280. The van der Waals surface area contributed by atoms with Crippen LogP contribution in [-0.2, 0) is 17.1 Å². The average Bonchev–Trinajstić information content (AvgIpc) is 2.74. The van der Waals surface area contributed by atoms with E-state index in [4.69, 9.17) is 0 Å². The van der Waals surface area contributed by atoms with Crippen LogP contribution in [0.15, 0.2) is 48.5 Å². The van der Waals surface area contributed by atoms with E-state index in [0.29, 0.717) is 5.92 Å². The van der Waals surface area contributed by atoms with Crippen molar-refractivity contribution in [3.63, 3.8) is 0 Å². The zero-order valence-corrected chi connectivity index (χ0v) is 11.4. The fourth-order valence-electron chi connectivity index (χ4n) is 1.29. The fourth-order valence-corrected chi connectivity index (χ4v) is 1.84. The van der Waals surface area contributed by atoms with Crippen molar-refractivity contribution in [1.82, 2.24) is 0 Å². The van der Waals surface area contributed by atoms with Crippen LogP contribution < -0.4 is 5.30 Å². The largest absolute Gasteiger partial charge is 2.00 e. The molecular weight excluding hydrogens is 243 g/mol. The summed E-state index contributed by atoms with van der Waals surface area (Å²) in [5, 5.41) is 1.34. The smallest absolute Gasteiger partial charge is 0.214 e. The van der Waals surface area contributed by atoms with Gasteiger partial charge in [-0.15, -0.1) is 14.5 Å². The van der Waals surface area contributed by atoms with Gasteiger partial charge < -0.3 is 0 Å². The van der Waals surface area contributed by atoms with Crippen LogP contribution in [0.4, 0.5) is 0 Å². The van der Waals surface area contributed by atoms with Crippen molar-refractivity contribution in [2.45, 2.75) is 19.8 Å². The Morgan fingerprint density at radius 2 is 1.73 bits per heavy atom. The Bertz CT molecular complexity index is 316. The quantitative estimate of drug-likeness (QED) is 0.418. The first kappa shape index (κ1) is 14.6. The Morgan fingerprint density at radius 3 is 1.93 bits per heavy atom. The molecule has 0 aliphatic heterocycles. The standard InChI is InChI=1S/C8H12P.C5H5.Fe/c1-6(2)7-4-3-5-8(7)9;1-2-4-5-3-1;/h3-6H,9H2,1-2H3;1-5H;/q2*-1;+2. The summed E-state index contributed by atoms with van der Waals surface area (Å²) < 4.78 is 0. The maximum absolute atomic E-state index is 2.74. The number of rotatable bonds is 1. The molecule has 0 nitrogen and oxygen atoms in total. The van der Waals surface area contributed by atoms with Crippen molar-refractivity contribution in [2.24, 2.45) is 0 Å². The summed E-state index contributed by atoms with van der Waals surface area (Å²) in [7, 11) is 2.74. The molecule has 0 bridgehead atoms. The van der Waals surface area contributed by atoms with Gasteiger partial charge in [0, 0.05) is 0 Å². The first-order valence-electron chi connectivity index (χ1n) is 4.89.